The summed E-state index contributed by atoms with van der Waals surface area (Å²) in [5.74, 6) is 0.766. The number of nitrogens with zero attached hydrogens (tertiary/aromatic N) is 2. The summed E-state index contributed by atoms with van der Waals surface area (Å²) >= 11 is 0. The minimum Gasteiger partial charge on any atom is -0.846 e. The van der Waals surface area contributed by atoms with Crippen molar-refractivity contribution in [1.29, 1.82) is 0 Å². The van der Waals surface area contributed by atoms with E-state index in [0.717, 1.165) is 25.4 Å². The third kappa shape index (κ3) is 2.72. The molecule has 0 atom stereocenters. The average Bonchev–Trinajstić information content (AvgIpc) is 2.86. The van der Waals surface area contributed by atoms with E-state index in [-0.39, 0.29) is 6.02 Å². The summed E-state index contributed by atoms with van der Waals surface area (Å²) in [7, 11) is 1.57. The molecule has 70 valence electrons. The summed E-state index contributed by atoms with van der Waals surface area (Å²) in [6.45, 7) is 3.86. The largest absolute Gasteiger partial charge is 0.846 e. The maximum atomic E-state index is 11.2. The fourth-order valence-corrected chi connectivity index (χ4v) is 1.29. The van der Waals surface area contributed by atoms with Crippen LogP contribution in [0.25, 0.3) is 0 Å². The number of rotatable bonds is 4. The molecular formula is C9H17N2O-. The van der Waals surface area contributed by atoms with Gasteiger partial charge in [-0.05, 0) is 25.2 Å². The van der Waals surface area contributed by atoms with Crippen molar-refractivity contribution in [3.8, 4) is 0 Å². The second-order valence-corrected chi connectivity index (χ2v) is 3.40. The van der Waals surface area contributed by atoms with E-state index in [0.29, 0.717) is 0 Å². The Morgan fingerprint density at radius 3 is 2.67 bits per heavy atom. The van der Waals surface area contributed by atoms with Gasteiger partial charge in [0.05, 0.1) is 0 Å². The molecule has 0 radical (unpaired) electrons. The number of amidine groups is 1. The van der Waals surface area contributed by atoms with Gasteiger partial charge >= 0.3 is 0 Å². The van der Waals surface area contributed by atoms with Crippen LogP contribution in [0.4, 0.5) is 0 Å². The predicted molar refractivity (Wildman–Crippen MR) is 47.9 cm³/mol. The molecule has 12 heavy (non-hydrogen) atoms. The fourth-order valence-electron chi connectivity index (χ4n) is 1.29. The van der Waals surface area contributed by atoms with E-state index in [1.165, 1.54) is 12.8 Å². The van der Waals surface area contributed by atoms with Gasteiger partial charge in [-0.15, -0.1) is 0 Å². The van der Waals surface area contributed by atoms with E-state index in [1.54, 1.807) is 7.05 Å². The maximum absolute atomic E-state index is 11.2. The third-order valence-electron chi connectivity index (χ3n) is 2.13. The van der Waals surface area contributed by atoms with Gasteiger partial charge < -0.3 is 10.0 Å². The highest BCUT2D eigenvalue weighted by atomic mass is 16.3. The van der Waals surface area contributed by atoms with Crippen LogP contribution >= 0.6 is 0 Å². The zero-order chi connectivity index (χ0) is 8.97. The van der Waals surface area contributed by atoms with Gasteiger partial charge in [-0.1, -0.05) is 6.92 Å². The van der Waals surface area contributed by atoms with Crippen LogP contribution in [0.5, 0.6) is 0 Å². The number of hydrogen-bond donors (Lipinski definition) is 0. The molecule has 1 aliphatic rings. The van der Waals surface area contributed by atoms with Crippen molar-refractivity contribution in [2.75, 3.05) is 20.1 Å². The van der Waals surface area contributed by atoms with Gasteiger partial charge in [0.2, 0.25) is 0 Å². The Morgan fingerprint density at radius 2 is 2.25 bits per heavy atom. The molecule has 0 heterocycles. The van der Waals surface area contributed by atoms with Gasteiger partial charge in [0, 0.05) is 26.2 Å². The van der Waals surface area contributed by atoms with E-state index in [2.05, 4.69) is 11.9 Å². The first-order valence-electron chi connectivity index (χ1n) is 4.66. The van der Waals surface area contributed by atoms with Gasteiger partial charge in [-0.25, -0.2) is 0 Å². The molecule has 1 rings (SSSR count). The van der Waals surface area contributed by atoms with Crippen molar-refractivity contribution >= 4 is 6.02 Å². The monoisotopic (exact) mass is 169 g/mol. The molecule has 0 aliphatic heterocycles. The highest BCUT2D eigenvalue weighted by Gasteiger charge is 2.23. The molecule has 0 aromatic carbocycles. The summed E-state index contributed by atoms with van der Waals surface area (Å²) < 4.78 is 0. The van der Waals surface area contributed by atoms with Gasteiger partial charge in [-0.3, -0.25) is 4.99 Å². The molecule has 1 aliphatic carbocycles. The van der Waals surface area contributed by atoms with Gasteiger partial charge in [-0.2, -0.15) is 0 Å². The average molecular weight is 169 g/mol. The fraction of sp³-hybridized carbons (Fsp3) is 0.889. The summed E-state index contributed by atoms with van der Waals surface area (Å²) in [6, 6.07) is -0.0521. The van der Waals surface area contributed by atoms with E-state index in [1.807, 2.05) is 4.90 Å². The van der Waals surface area contributed by atoms with E-state index in [9.17, 15) is 5.11 Å². The first kappa shape index (κ1) is 9.36. The second-order valence-electron chi connectivity index (χ2n) is 3.40. The molecule has 0 spiro atoms. The molecule has 0 N–H and O–H groups in total. The van der Waals surface area contributed by atoms with Crippen molar-refractivity contribution in [2.45, 2.75) is 26.2 Å². The highest BCUT2D eigenvalue weighted by molar-refractivity contribution is 5.68. The quantitative estimate of drug-likeness (QED) is 0.453. The molecule has 3 nitrogen and oxygen atoms in total. The first-order chi connectivity index (χ1) is 5.77. The minimum absolute atomic E-state index is 0.0521. The van der Waals surface area contributed by atoms with Crippen LogP contribution in [-0.2, 0) is 0 Å². The SMILES string of the molecule is CCCN(CC1CC1)C([O-])=NC. The highest BCUT2D eigenvalue weighted by Crippen LogP contribution is 2.29. The minimum atomic E-state index is -0.0521. The molecule has 0 saturated heterocycles. The molecule has 1 saturated carbocycles. The Hall–Kier alpha value is -0.730. The molecule has 1 fully saturated rings. The van der Waals surface area contributed by atoms with Gasteiger partial charge in [0.25, 0.3) is 0 Å². The predicted octanol–water partition coefficient (Wildman–Crippen LogP) is 0.454. The second kappa shape index (κ2) is 4.33. The summed E-state index contributed by atoms with van der Waals surface area (Å²) in [5.41, 5.74) is 0. The molecule has 0 unspecified atom stereocenters. The maximum Gasteiger partial charge on any atom is 0.0495 e. The van der Waals surface area contributed by atoms with E-state index in [4.69, 9.17) is 0 Å². The third-order valence-corrected chi connectivity index (χ3v) is 2.13. The van der Waals surface area contributed by atoms with Crippen LogP contribution in [0.15, 0.2) is 4.99 Å². The smallest absolute Gasteiger partial charge is 0.0495 e. The van der Waals surface area contributed by atoms with E-state index < -0.39 is 0 Å². The molecule has 0 amide bonds. The van der Waals surface area contributed by atoms with Gasteiger partial charge in [0.1, 0.15) is 0 Å². The van der Waals surface area contributed by atoms with Crippen molar-refractivity contribution in [3.05, 3.63) is 0 Å². The van der Waals surface area contributed by atoms with Crippen molar-refractivity contribution in [1.82, 2.24) is 4.90 Å². The molecule has 3 heteroatoms. The van der Waals surface area contributed by atoms with Gasteiger partial charge in [0.15, 0.2) is 0 Å². The van der Waals surface area contributed by atoms with Crippen molar-refractivity contribution in [2.24, 2.45) is 10.9 Å². The lowest BCUT2D eigenvalue weighted by atomic mass is 10.3. The van der Waals surface area contributed by atoms with E-state index >= 15 is 0 Å². The first-order valence-corrected chi connectivity index (χ1v) is 4.66. The Morgan fingerprint density at radius 1 is 1.58 bits per heavy atom. The molecular weight excluding hydrogens is 152 g/mol. The van der Waals surface area contributed by atoms with Crippen LogP contribution in [-0.4, -0.2) is 31.1 Å². The lowest BCUT2D eigenvalue weighted by molar-refractivity contribution is -0.235. The molecule has 0 bridgehead atoms. The molecule has 0 aromatic heterocycles. The summed E-state index contributed by atoms with van der Waals surface area (Å²) in [5, 5.41) is 11.2. The van der Waals surface area contributed by atoms with Crippen LogP contribution in [0.1, 0.15) is 26.2 Å². The lowest BCUT2D eigenvalue weighted by Crippen LogP contribution is -2.41. The Balaban J connectivity index is 2.35. The molecule has 0 aromatic rings. The zero-order valence-electron chi connectivity index (χ0n) is 7.92. The number of aliphatic imine (C=N–C) groups is 1. The topological polar surface area (TPSA) is 38.7 Å². The van der Waals surface area contributed by atoms with Crippen molar-refractivity contribution in [3.63, 3.8) is 0 Å². The lowest BCUT2D eigenvalue weighted by Gasteiger charge is -2.28. The summed E-state index contributed by atoms with van der Waals surface area (Å²) in [6.07, 6.45) is 3.60. The number of hydrogen-bond acceptors (Lipinski definition) is 2. The van der Waals surface area contributed by atoms with Crippen LogP contribution in [0.3, 0.4) is 0 Å². The van der Waals surface area contributed by atoms with Crippen LogP contribution < -0.4 is 5.11 Å². The van der Waals surface area contributed by atoms with Crippen molar-refractivity contribution < 1.29 is 5.11 Å². The Bertz CT molecular complexity index is 164. The zero-order valence-corrected chi connectivity index (χ0v) is 7.92. The van der Waals surface area contributed by atoms with Crippen LogP contribution in [0, 0.1) is 5.92 Å². The Kier molecular flexibility index (Phi) is 3.38. The normalized spacial score (nSPS) is 18.0. The standard InChI is InChI=1S/C9H18N2O/c1-3-6-11(9(12)10-2)7-8-4-5-8/h8H,3-7H2,1-2H3,(H,10,12)/p-1. The summed E-state index contributed by atoms with van der Waals surface area (Å²) in [4.78, 5) is 5.53. The Labute approximate surface area is 74.1 Å². The van der Waals surface area contributed by atoms with Crippen LogP contribution in [0.2, 0.25) is 0 Å².